The van der Waals surface area contributed by atoms with Gasteiger partial charge in [0.25, 0.3) is 0 Å². The van der Waals surface area contributed by atoms with Crippen LogP contribution in [0.4, 0.5) is 23.2 Å². The molecule has 0 aliphatic carbocycles. The standard InChI is InChI=1S/C17H15F4NO/c18-15-3-1-2-4-16(15)23-14-7-5-13(6-8-14)22-10-9-12(11-22)17(19,20)21/h1-8,12H,9-11H2/t12-/m0/s1. The zero-order chi connectivity index (χ0) is 16.4. The number of anilines is 1. The molecule has 0 spiro atoms. The third-order valence-electron chi connectivity index (χ3n) is 3.92. The quantitative estimate of drug-likeness (QED) is 0.736. The van der Waals surface area contributed by atoms with Gasteiger partial charge in [-0.15, -0.1) is 0 Å². The predicted molar refractivity (Wildman–Crippen MR) is 79.3 cm³/mol. The molecule has 0 radical (unpaired) electrons. The van der Waals surface area contributed by atoms with Crippen molar-refractivity contribution in [2.45, 2.75) is 12.6 Å². The Hall–Kier alpha value is -2.24. The zero-order valence-corrected chi connectivity index (χ0v) is 12.2. The minimum Gasteiger partial charge on any atom is -0.454 e. The summed E-state index contributed by atoms with van der Waals surface area (Å²) in [7, 11) is 0. The van der Waals surface area contributed by atoms with E-state index in [0.717, 1.165) is 0 Å². The lowest BCUT2D eigenvalue weighted by Crippen LogP contribution is -2.27. The first-order valence-corrected chi connectivity index (χ1v) is 7.27. The highest BCUT2D eigenvalue weighted by Crippen LogP contribution is 2.36. The highest BCUT2D eigenvalue weighted by atomic mass is 19.4. The maximum Gasteiger partial charge on any atom is 0.393 e. The van der Waals surface area contributed by atoms with Gasteiger partial charge in [0.2, 0.25) is 0 Å². The lowest BCUT2D eigenvalue weighted by Gasteiger charge is -2.20. The number of ether oxygens (including phenoxy) is 1. The minimum absolute atomic E-state index is 0.0307. The van der Waals surface area contributed by atoms with Crippen molar-refractivity contribution < 1.29 is 22.3 Å². The Kier molecular flexibility index (Phi) is 4.15. The molecule has 122 valence electrons. The topological polar surface area (TPSA) is 12.5 Å². The molecule has 1 aliphatic rings. The number of benzene rings is 2. The molecule has 0 saturated carbocycles. The second-order valence-corrected chi connectivity index (χ2v) is 5.50. The fraction of sp³-hybridized carbons (Fsp3) is 0.294. The van der Waals surface area contributed by atoms with E-state index in [1.165, 1.54) is 12.1 Å². The summed E-state index contributed by atoms with van der Waals surface area (Å²) in [6.45, 7) is 0.342. The van der Waals surface area contributed by atoms with Gasteiger partial charge in [0, 0.05) is 18.8 Å². The zero-order valence-electron chi connectivity index (χ0n) is 12.2. The van der Waals surface area contributed by atoms with E-state index < -0.39 is 17.9 Å². The summed E-state index contributed by atoms with van der Waals surface area (Å²) in [6.07, 6.45) is -4.04. The van der Waals surface area contributed by atoms with E-state index in [2.05, 4.69) is 0 Å². The van der Waals surface area contributed by atoms with Crippen molar-refractivity contribution in [3.63, 3.8) is 0 Å². The number of alkyl halides is 3. The molecule has 1 saturated heterocycles. The van der Waals surface area contributed by atoms with E-state index in [1.54, 1.807) is 41.3 Å². The van der Waals surface area contributed by atoms with Gasteiger partial charge in [-0.2, -0.15) is 13.2 Å². The van der Waals surface area contributed by atoms with Gasteiger partial charge >= 0.3 is 6.18 Å². The van der Waals surface area contributed by atoms with Crippen molar-refractivity contribution in [3.8, 4) is 11.5 Å². The molecule has 2 nitrogen and oxygen atoms in total. The third-order valence-corrected chi connectivity index (χ3v) is 3.92. The fourth-order valence-electron chi connectivity index (χ4n) is 2.64. The first kappa shape index (κ1) is 15.6. The van der Waals surface area contributed by atoms with E-state index in [9.17, 15) is 17.6 Å². The number of nitrogens with zero attached hydrogens (tertiary/aromatic N) is 1. The molecule has 0 unspecified atom stereocenters. The van der Waals surface area contributed by atoms with Crippen LogP contribution in [0.25, 0.3) is 0 Å². The van der Waals surface area contributed by atoms with Crippen molar-refractivity contribution in [3.05, 3.63) is 54.3 Å². The van der Waals surface area contributed by atoms with E-state index in [1.807, 2.05) is 0 Å². The van der Waals surface area contributed by atoms with E-state index in [0.29, 0.717) is 18.0 Å². The Morgan fingerprint density at radius 2 is 1.70 bits per heavy atom. The monoisotopic (exact) mass is 325 g/mol. The Bertz CT molecular complexity index is 669. The van der Waals surface area contributed by atoms with Crippen molar-refractivity contribution >= 4 is 5.69 Å². The molecule has 6 heteroatoms. The second-order valence-electron chi connectivity index (χ2n) is 5.50. The molecule has 23 heavy (non-hydrogen) atoms. The number of para-hydroxylation sites is 1. The van der Waals surface area contributed by atoms with E-state index >= 15 is 0 Å². The van der Waals surface area contributed by atoms with Gasteiger partial charge in [0.1, 0.15) is 5.75 Å². The summed E-state index contributed by atoms with van der Waals surface area (Å²) in [5.74, 6) is -1.20. The molecule has 2 aromatic rings. The van der Waals surface area contributed by atoms with Crippen LogP contribution in [0.15, 0.2) is 48.5 Å². The molecule has 3 rings (SSSR count). The van der Waals surface area contributed by atoms with Gasteiger partial charge in [0.05, 0.1) is 5.92 Å². The van der Waals surface area contributed by atoms with Crippen LogP contribution in [0.5, 0.6) is 11.5 Å². The Balaban J connectivity index is 1.67. The molecule has 0 bridgehead atoms. The van der Waals surface area contributed by atoms with Crippen LogP contribution in [-0.4, -0.2) is 19.3 Å². The summed E-state index contributed by atoms with van der Waals surface area (Å²) < 4.78 is 57.1. The summed E-state index contributed by atoms with van der Waals surface area (Å²) >= 11 is 0. The lowest BCUT2D eigenvalue weighted by molar-refractivity contribution is -0.168. The Morgan fingerprint density at radius 1 is 1.00 bits per heavy atom. The molecular formula is C17H15F4NO. The maximum atomic E-state index is 13.5. The number of rotatable bonds is 3. The first-order chi connectivity index (χ1) is 10.9. The largest absolute Gasteiger partial charge is 0.454 e. The average Bonchev–Trinajstić information content (AvgIpc) is 3.00. The fourth-order valence-corrected chi connectivity index (χ4v) is 2.64. The number of hydrogen-bond acceptors (Lipinski definition) is 2. The van der Waals surface area contributed by atoms with Gasteiger partial charge in [-0.25, -0.2) is 4.39 Å². The van der Waals surface area contributed by atoms with Crippen LogP contribution < -0.4 is 9.64 Å². The van der Waals surface area contributed by atoms with Gasteiger partial charge in [0.15, 0.2) is 11.6 Å². The van der Waals surface area contributed by atoms with Crippen LogP contribution in [0.1, 0.15) is 6.42 Å². The SMILES string of the molecule is Fc1ccccc1Oc1ccc(N2CC[C@H](C(F)(F)F)C2)cc1. The van der Waals surface area contributed by atoms with Gasteiger partial charge in [-0.1, -0.05) is 12.1 Å². The van der Waals surface area contributed by atoms with Crippen LogP contribution in [-0.2, 0) is 0 Å². The highest BCUT2D eigenvalue weighted by Gasteiger charge is 2.43. The van der Waals surface area contributed by atoms with Gasteiger partial charge in [-0.05, 0) is 42.8 Å². The first-order valence-electron chi connectivity index (χ1n) is 7.27. The van der Waals surface area contributed by atoms with Gasteiger partial charge in [-0.3, -0.25) is 0 Å². The van der Waals surface area contributed by atoms with Crippen LogP contribution in [0, 0.1) is 11.7 Å². The lowest BCUT2D eigenvalue weighted by atomic mass is 10.1. The highest BCUT2D eigenvalue weighted by molar-refractivity contribution is 5.50. The second kappa shape index (κ2) is 6.10. The predicted octanol–water partition coefficient (Wildman–Crippen LogP) is 5.01. The smallest absolute Gasteiger partial charge is 0.393 e. The molecule has 0 amide bonds. The number of halogens is 4. The van der Waals surface area contributed by atoms with E-state index in [-0.39, 0.29) is 18.7 Å². The molecule has 1 aliphatic heterocycles. The average molecular weight is 325 g/mol. The van der Waals surface area contributed by atoms with Crippen molar-refractivity contribution in [2.24, 2.45) is 5.92 Å². The van der Waals surface area contributed by atoms with Crippen molar-refractivity contribution in [2.75, 3.05) is 18.0 Å². The summed E-state index contributed by atoms with van der Waals surface area (Å²) in [5.41, 5.74) is 0.706. The number of hydrogen-bond donors (Lipinski definition) is 0. The minimum atomic E-state index is -4.15. The van der Waals surface area contributed by atoms with Crippen LogP contribution in [0.3, 0.4) is 0 Å². The summed E-state index contributed by atoms with van der Waals surface area (Å²) in [6, 6.07) is 12.7. The third kappa shape index (κ3) is 3.57. The summed E-state index contributed by atoms with van der Waals surface area (Å²) in [5, 5.41) is 0. The van der Waals surface area contributed by atoms with E-state index in [4.69, 9.17) is 4.74 Å². The Morgan fingerprint density at radius 3 is 2.30 bits per heavy atom. The molecule has 2 aromatic carbocycles. The molecule has 0 aromatic heterocycles. The Labute approximate surface area is 131 Å². The molecule has 0 N–H and O–H groups in total. The maximum absolute atomic E-state index is 13.5. The molecule has 1 fully saturated rings. The normalized spacial score (nSPS) is 18.3. The molecular weight excluding hydrogens is 310 g/mol. The van der Waals surface area contributed by atoms with Crippen LogP contribution >= 0.6 is 0 Å². The van der Waals surface area contributed by atoms with Crippen molar-refractivity contribution in [1.29, 1.82) is 0 Å². The van der Waals surface area contributed by atoms with Crippen molar-refractivity contribution in [1.82, 2.24) is 0 Å². The molecule has 1 atom stereocenters. The van der Waals surface area contributed by atoms with Crippen LogP contribution in [0.2, 0.25) is 0 Å². The van der Waals surface area contributed by atoms with Gasteiger partial charge < -0.3 is 9.64 Å². The summed E-state index contributed by atoms with van der Waals surface area (Å²) in [4.78, 5) is 1.70. The molecule has 1 heterocycles.